The molecule has 3 saturated heterocycles. The molecule has 0 aromatic carbocycles. The molecule has 0 amide bonds. The first-order chi connectivity index (χ1) is 8.88. The molecule has 1 unspecified atom stereocenters. The molecule has 0 saturated carbocycles. The number of hydrogen-bond donors (Lipinski definition) is 1. The van der Waals surface area contributed by atoms with Gasteiger partial charge in [0.2, 0.25) is 0 Å². The first-order valence-electron chi connectivity index (χ1n) is 7.12. The third kappa shape index (κ3) is 2.86. The molecule has 0 bridgehead atoms. The lowest BCUT2D eigenvalue weighted by Crippen LogP contribution is -2.60. The van der Waals surface area contributed by atoms with Crippen molar-refractivity contribution in [3.63, 3.8) is 0 Å². The summed E-state index contributed by atoms with van der Waals surface area (Å²) in [5.74, 6) is 0. The summed E-state index contributed by atoms with van der Waals surface area (Å²) >= 11 is 0. The predicted octanol–water partition coefficient (Wildman–Crippen LogP) is -0.144. The Bertz CT molecular complexity index is 261. The molecule has 0 radical (unpaired) electrons. The molecule has 3 aliphatic heterocycles. The minimum absolute atomic E-state index is 0.132. The van der Waals surface area contributed by atoms with Crippen LogP contribution in [-0.4, -0.2) is 75.8 Å². The van der Waals surface area contributed by atoms with E-state index in [0.29, 0.717) is 6.04 Å². The largest absolute Gasteiger partial charge is 0.381 e. The number of nitrogens with one attached hydrogen (secondary N) is 1. The quantitative estimate of drug-likeness (QED) is 0.707. The first-order valence-corrected chi connectivity index (χ1v) is 7.12. The van der Waals surface area contributed by atoms with Crippen molar-refractivity contribution in [2.75, 3.05) is 59.2 Å². The topological polar surface area (TPSA) is 43.0 Å². The standard InChI is InChI=1S/C13H24N2O3/c1-5-16-6-2-12(1)15-4-8-18-13(10-15)9-14-3-7-17-11-13/h12,14H,1-11H2. The van der Waals surface area contributed by atoms with Crippen LogP contribution in [0.5, 0.6) is 0 Å². The highest BCUT2D eigenvalue weighted by Crippen LogP contribution is 2.24. The van der Waals surface area contributed by atoms with Crippen LogP contribution in [0.25, 0.3) is 0 Å². The summed E-state index contributed by atoms with van der Waals surface area (Å²) in [6, 6.07) is 0.669. The Morgan fingerprint density at radius 3 is 2.83 bits per heavy atom. The van der Waals surface area contributed by atoms with Crippen LogP contribution in [0.15, 0.2) is 0 Å². The third-order valence-corrected chi connectivity index (χ3v) is 4.22. The molecule has 3 aliphatic rings. The number of rotatable bonds is 1. The van der Waals surface area contributed by atoms with Gasteiger partial charge in [0.1, 0.15) is 5.60 Å². The van der Waals surface area contributed by atoms with E-state index in [9.17, 15) is 0 Å². The molecule has 1 spiro atoms. The summed E-state index contributed by atoms with van der Waals surface area (Å²) in [4.78, 5) is 2.59. The number of nitrogens with zero attached hydrogens (tertiary/aromatic N) is 1. The van der Waals surface area contributed by atoms with Crippen molar-refractivity contribution < 1.29 is 14.2 Å². The molecule has 3 fully saturated rings. The first kappa shape index (κ1) is 12.8. The molecule has 0 aromatic rings. The van der Waals surface area contributed by atoms with Gasteiger partial charge in [0, 0.05) is 45.4 Å². The average Bonchev–Trinajstić information content (AvgIpc) is 2.66. The van der Waals surface area contributed by atoms with Crippen molar-refractivity contribution in [3.8, 4) is 0 Å². The van der Waals surface area contributed by atoms with Gasteiger partial charge < -0.3 is 19.5 Å². The molecule has 0 aliphatic carbocycles. The van der Waals surface area contributed by atoms with Gasteiger partial charge in [-0.05, 0) is 12.8 Å². The summed E-state index contributed by atoms with van der Waals surface area (Å²) in [5, 5.41) is 3.43. The van der Waals surface area contributed by atoms with Crippen LogP contribution in [0.1, 0.15) is 12.8 Å². The Hall–Kier alpha value is -0.200. The summed E-state index contributed by atoms with van der Waals surface area (Å²) in [5.41, 5.74) is -0.132. The van der Waals surface area contributed by atoms with Crippen LogP contribution in [0, 0.1) is 0 Å². The molecule has 5 nitrogen and oxygen atoms in total. The van der Waals surface area contributed by atoms with Gasteiger partial charge in [-0.2, -0.15) is 0 Å². The van der Waals surface area contributed by atoms with Gasteiger partial charge in [0.25, 0.3) is 0 Å². The van der Waals surface area contributed by atoms with Crippen LogP contribution >= 0.6 is 0 Å². The molecular weight excluding hydrogens is 232 g/mol. The summed E-state index contributed by atoms with van der Waals surface area (Å²) < 4.78 is 17.2. The normalized spacial score (nSPS) is 36.7. The fraction of sp³-hybridized carbons (Fsp3) is 1.00. The van der Waals surface area contributed by atoms with E-state index in [1.807, 2.05) is 0 Å². The number of morpholine rings is 1. The van der Waals surface area contributed by atoms with E-state index in [0.717, 1.165) is 72.1 Å². The van der Waals surface area contributed by atoms with Gasteiger partial charge in [-0.3, -0.25) is 4.90 Å². The zero-order chi connectivity index (χ0) is 12.3. The maximum atomic E-state index is 6.05. The monoisotopic (exact) mass is 256 g/mol. The molecule has 3 rings (SSSR count). The molecule has 1 atom stereocenters. The van der Waals surface area contributed by atoms with Crippen molar-refractivity contribution in [3.05, 3.63) is 0 Å². The van der Waals surface area contributed by atoms with E-state index in [4.69, 9.17) is 14.2 Å². The average molecular weight is 256 g/mol. The lowest BCUT2D eigenvalue weighted by atomic mass is 9.98. The van der Waals surface area contributed by atoms with Crippen molar-refractivity contribution >= 4 is 0 Å². The maximum absolute atomic E-state index is 6.05. The summed E-state index contributed by atoms with van der Waals surface area (Å²) in [7, 11) is 0. The highest BCUT2D eigenvalue weighted by molar-refractivity contribution is 4.93. The zero-order valence-electron chi connectivity index (χ0n) is 11.0. The summed E-state index contributed by atoms with van der Waals surface area (Å²) in [6.45, 7) is 8.03. The third-order valence-electron chi connectivity index (χ3n) is 4.22. The Kier molecular flexibility index (Phi) is 4.16. The Morgan fingerprint density at radius 1 is 1.06 bits per heavy atom. The lowest BCUT2D eigenvalue weighted by molar-refractivity contribution is -0.147. The highest BCUT2D eigenvalue weighted by atomic mass is 16.5. The molecule has 104 valence electrons. The van der Waals surface area contributed by atoms with Gasteiger partial charge in [-0.15, -0.1) is 0 Å². The van der Waals surface area contributed by atoms with Gasteiger partial charge in [0.05, 0.1) is 19.8 Å². The molecule has 18 heavy (non-hydrogen) atoms. The van der Waals surface area contributed by atoms with Gasteiger partial charge in [0.15, 0.2) is 0 Å². The maximum Gasteiger partial charge on any atom is 0.116 e. The van der Waals surface area contributed by atoms with Gasteiger partial charge in [-0.25, -0.2) is 0 Å². The number of ether oxygens (including phenoxy) is 3. The van der Waals surface area contributed by atoms with E-state index >= 15 is 0 Å². The Balaban J connectivity index is 1.62. The fourth-order valence-electron chi connectivity index (χ4n) is 3.20. The van der Waals surface area contributed by atoms with E-state index in [2.05, 4.69) is 10.2 Å². The minimum Gasteiger partial charge on any atom is -0.381 e. The van der Waals surface area contributed by atoms with Crippen molar-refractivity contribution in [1.29, 1.82) is 0 Å². The Labute approximate surface area is 109 Å². The smallest absolute Gasteiger partial charge is 0.116 e. The second-order valence-corrected chi connectivity index (χ2v) is 5.57. The molecule has 3 heterocycles. The van der Waals surface area contributed by atoms with E-state index < -0.39 is 0 Å². The van der Waals surface area contributed by atoms with Crippen LogP contribution in [-0.2, 0) is 14.2 Å². The molecule has 1 N–H and O–H groups in total. The fourth-order valence-corrected chi connectivity index (χ4v) is 3.20. The van der Waals surface area contributed by atoms with Crippen LogP contribution in [0.3, 0.4) is 0 Å². The van der Waals surface area contributed by atoms with Gasteiger partial charge in [-0.1, -0.05) is 0 Å². The predicted molar refractivity (Wildman–Crippen MR) is 67.8 cm³/mol. The summed E-state index contributed by atoms with van der Waals surface area (Å²) in [6.07, 6.45) is 2.31. The molecular formula is C13H24N2O3. The lowest BCUT2D eigenvalue weighted by Gasteiger charge is -2.45. The van der Waals surface area contributed by atoms with Gasteiger partial charge >= 0.3 is 0 Å². The zero-order valence-corrected chi connectivity index (χ0v) is 11.0. The van der Waals surface area contributed by atoms with E-state index in [1.165, 1.54) is 0 Å². The molecule has 5 heteroatoms. The van der Waals surface area contributed by atoms with Crippen LogP contribution < -0.4 is 5.32 Å². The van der Waals surface area contributed by atoms with Crippen molar-refractivity contribution in [2.45, 2.75) is 24.5 Å². The van der Waals surface area contributed by atoms with E-state index in [-0.39, 0.29) is 5.60 Å². The number of hydrogen-bond acceptors (Lipinski definition) is 5. The minimum atomic E-state index is -0.132. The Morgan fingerprint density at radius 2 is 1.94 bits per heavy atom. The van der Waals surface area contributed by atoms with Crippen molar-refractivity contribution in [2.24, 2.45) is 0 Å². The van der Waals surface area contributed by atoms with Crippen LogP contribution in [0.2, 0.25) is 0 Å². The SMILES string of the molecule is C1COCC2(CN1)CN(C1CCOCC1)CCO2. The van der Waals surface area contributed by atoms with Crippen LogP contribution in [0.4, 0.5) is 0 Å². The van der Waals surface area contributed by atoms with E-state index in [1.54, 1.807) is 0 Å². The van der Waals surface area contributed by atoms with Crippen molar-refractivity contribution in [1.82, 2.24) is 10.2 Å². The molecule has 0 aromatic heterocycles. The second kappa shape index (κ2) is 5.84. The highest BCUT2D eigenvalue weighted by Gasteiger charge is 2.40. The second-order valence-electron chi connectivity index (χ2n) is 5.57.